The highest BCUT2D eigenvalue weighted by molar-refractivity contribution is 5.92. The number of ether oxygens (including phenoxy) is 2. The number of hydrogen-bond acceptors (Lipinski definition) is 5. The van der Waals surface area contributed by atoms with Crippen molar-refractivity contribution in [2.45, 2.75) is 39.0 Å². The molecular weight excluding hydrogens is 418 g/mol. The van der Waals surface area contributed by atoms with Gasteiger partial charge in [-0.05, 0) is 61.7 Å². The zero-order valence-corrected chi connectivity index (χ0v) is 19.2. The highest BCUT2D eigenvalue weighted by Gasteiger charge is 2.16. The van der Waals surface area contributed by atoms with Crippen LogP contribution in [0.1, 0.15) is 42.8 Å². The van der Waals surface area contributed by atoms with Gasteiger partial charge in [0, 0.05) is 12.6 Å². The van der Waals surface area contributed by atoms with Gasteiger partial charge in [-0.2, -0.15) is 0 Å². The maximum absolute atomic E-state index is 11.5. The van der Waals surface area contributed by atoms with Crippen molar-refractivity contribution < 1.29 is 24.5 Å². The number of carbonyl (C=O) groups is 1. The molecule has 3 aromatic rings. The van der Waals surface area contributed by atoms with Crippen LogP contribution in [0.3, 0.4) is 0 Å². The maximum Gasteiger partial charge on any atom is 0.339 e. The van der Waals surface area contributed by atoms with Crippen LogP contribution in [0, 0.1) is 0 Å². The van der Waals surface area contributed by atoms with E-state index in [4.69, 9.17) is 9.47 Å². The van der Waals surface area contributed by atoms with E-state index < -0.39 is 12.1 Å². The molecule has 6 nitrogen and oxygen atoms in total. The number of rotatable bonds is 11. The highest BCUT2D eigenvalue weighted by Crippen LogP contribution is 2.29. The molecule has 6 heteroatoms. The number of benzene rings is 3. The smallest absolute Gasteiger partial charge is 0.339 e. The molecule has 0 aromatic heterocycles. The molecule has 0 saturated carbocycles. The lowest BCUT2D eigenvalue weighted by molar-refractivity contribution is 0.0690. The monoisotopic (exact) mass is 449 g/mol. The van der Waals surface area contributed by atoms with Gasteiger partial charge in [0.15, 0.2) is 0 Å². The second-order valence-electron chi connectivity index (χ2n) is 8.15. The van der Waals surface area contributed by atoms with Crippen molar-refractivity contribution in [3.63, 3.8) is 0 Å². The van der Waals surface area contributed by atoms with Crippen LogP contribution in [-0.2, 0) is 0 Å². The van der Waals surface area contributed by atoms with Gasteiger partial charge in [0.05, 0.1) is 12.2 Å². The molecule has 3 aromatic carbocycles. The summed E-state index contributed by atoms with van der Waals surface area (Å²) in [6.45, 7) is 6.73. The van der Waals surface area contributed by atoms with Crippen molar-refractivity contribution in [3.8, 4) is 22.6 Å². The molecule has 0 fully saturated rings. The van der Waals surface area contributed by atoms with Crippen LogP contribution in [0.2, 0.25) is 0 Å². The largest absolute Gasteiger partial charge is 0.492 e. The van der Waals surface area contributed by atoms with E-state index >= 15 is 0 Å². The number of nitrogens with one attached hydrogen (secondary N) is 1. The number of carboxylic acids is 1. The van der Waals surface area contributed by atoms with Crippen molar-refractivity contribution in [1.82, 2.24) is 5.32 Å². The fraction of sp³-hybridized carbons (Fsp3) is 0.296. The van der Waals surface area contributed by atoms with Crippen molar-refractivity contribution in [2.75, 3.05) is 13.2 Å². The summed E-state index contributed by atoms with van der Waals surface area (Å²) in [5.41, 5.74) is 2.83. The number of aliphatic hydroxyl groups is 1. The normalized spacial score (nSPS) is 12.9. The third kappa shape index (κ3) is 6.81. The van der Waals surface area contributed by atoms with Crippen molar-refractivity contribution in [2.24, 2.45) is 0 Å². The van der Waals surface area contributed by atoms with Gasteiger partial charge in [0.1, 0.15) is 23.7 Å². The minimum atomic E-state index is -1.01. The minimum absolute atomic E-state index is 0.102. The lowest BCUT2D eigenvalue weighted by atomic mass is 10.0. The Morgan fingerprint density at radius 2 is 1.61 bits per heavy atom. The number of carboxylic acid groups (broad SMARTS) is 1. The Hall–Kier alpha value is -3.35. The molecule has 0 unspecified atom stereocenters. The molecule has 3 N–H and O–H groups in total. The average molecular weight is 450 g/mol. The van der Waals surface area contributed by atoms with Crippen LogP contribution in [0.25, 0.3) is 11.1 Å². The highest BCUT2D eigenvalue weighted by atomic mass is 16.5. The number of hydrogen-bond donors (Lipinski definition) is 3. The number of aromatic carboxylic acids is 1. The van der Waals surface area contributed by atoms with Gasteiger partial charge in [0.2, 0.25) is 0 Å². The van der Waals surface area contributed by atoms with Gasteiger partial charge in [0.25, 0.3) is 0 Å². The zero-order chi connectivity index (χ0) is 23.8. The second-order valence-corrected chi connectivity index (χ2v) is 8.15. The molecule has 0 amide bonds. The van der Waals surface area contributed by atoms with Gasteiger partial charge in [-0.25, -0.2) is 4.79 Å². The maximum atomic E-state index is 11.5. The molecule has 0 aliphatic heterocycles. The number of aliphatic hydroxyl groups excluding tert-OH is 1. The molecule has 0 radical (unpaired) electrons. The first-order valence-corrected chi connectivity index (χ1v) is 11.1. The summed E-state index contributed by atoms with van der Waals surface area (Å²) in [6, 6.07) is 22.2. The molecule has 0 heterocycles. The van der Waals surface area contributed by atoms with Crippen LogP contribution < -0.4 is 14.8 Å². The van der Waals surface area contributed by atoms with Gasteiger partial charge in [-0.15, -0.1) is 0 Å². The van der Waals surface area contributed by atoms with Gasteiger partial charge in [-0.1, -0.05) is 48.5 Å². The predicted octanol–water partition coefficient (Wildman–Crippen LogP) is 4.93. The minimum Gasteiger partial charge on any atom is -0.492 e. The summed E-state index contributed by atoms with van der Waals surface area (Å²) in [5, 5.41) is 23.1. The molecule has 0 spiro atoms. The molecule has 33 heavy (non-hydrogen) atoms. The second kappa shape index (κ2) is 11.5. The first-order valence-electron chi connectivity index (χ1n) is 11.1. The quantitative estimate of drug-likeness (QED) is 0.360. The summed E-state index contributed by atoms with van der Waals surface area (Å²) in [4.78, 5) is 11.5. The Labute approximate surface area is 194 Å². The fourth-order valence-electron chi connectivity index (χ4n) is 3.48. The zero-order valence-electron chi connectivity index (χ0n) is 19.2. The van der Waals surface area contributed by atoms with E-state index in [0.29, 0.717) is 18.9 Å². The third-order valence-corrected chi connectivity index (χ3v) is 5.21. The summed E-state index contributed by atoms with van der Waals surface area (Å²) < 4.78 is 11.5. The van der Waals surface area contributed by atoms with Crippen LogP contribution >= 0.6 is 0 Å². The van der Waals surface area contributed by atoms with Crippen LogP contribution in [0.5, 0.6) is 11.5 Å². The average Bonchev–Trinajstić information content (AvgIpc) is 2.81. The first-order chi connectivity index (χ1) is 15.8. The van der Waals surface area contributed by atoms with E-state index in [1.807, 2.05) is 75.4 Å². The van der Waals surface area contributed by atoms with Crippen LogP contribution in [0.4, 0.5) is 0 Å². The summed E-state index contributed by atoms with van der Waals surface area (Å²) in [6.07, 6.45) is -0.707. The van der Waals surface area contributed by atoms with E-state index in [1.165, 1.54) is 0 Å². The molecule has 174 valence electrons. The van der Waals surface area contributed by atoms with Gasteiger partial charge in [-0.3, -0.25) is 0 Å². The Morgan fingerprint density at radius 1 is 0.939 bits per heavy atom. The summed E-state index contributed by atoms with van der Waals surface area (Å²) in [5.74, 6) is 0.0750. The molecular formula is C27H31NO5. The Balaban J connectivity index is 1.54. The predicted molar refractivity (Wildman–Crippen MR) is 129 cm³/mol. The van der Waals surface area contributed by atoms with E-state index in [9.17, 15) is 15.0 Å². The van der Waals surface area contributed by atoms with Crippen molar-refractivity contribution in [1.29, 1.82) is 0 Å². The summed E-state index contributed by atoms with van der Waals surface area (Å²) >= 11 is 0. The SMILES string of the molecule is CC(C)Oc1cc(-c2ccc(OCCN[C@@H](C)[C@@H](O)c3ccccc3)cc2)ccc1C(=O)O. The third-order valence-electron chi connectivity index (χ3n) is 5.21. The van der Waals surface area contributed by atoms with E-state index in [-0.39, 0.29) is 17.7 Å². The van der Waals surface area contributed by atoms with E-state index in [1.54, 1.807) is 18.2 Å². The Bertz CT molecular complexity index is 1030. The molecule has 0 saturated heterocycles. The summed E-state index contributed by atoms with van der Waals surface area (Å²) in [7, 11) is 0. The Kier molecular flexibility index (Phi) is 8.46. The molecule has 2 atom stereocenters. The van der Waals surface area contributed by atoms with Crippen molar-refractivity contribution >= 4 is 5.97 Å². The lowest BCUT2D eigenvalue weighted by Gasteiger charge is -2.20. The molecule has 0 aliphatic carbocycles. The Morgan fingerprint density at radius 3 is 2.24 bits per heavy atom. The van der Waals surface area contributed by atoms with Crippen molar-refractivity contribution in [3.05, 3.63) is 83.9 Å². The topological polar surface area (TPSA) is 88.0 Å². The van der Waals surface area contributed by atoms with E-state index in [0.717, 1.165) is 22.4 Å². The van der Waals surface area contributed by atoms with Crippen LogP contribution in [-0.4, -0.2) is 41.5 Å². The van der Waals surface area contributed by atoms with Gasteiger partial charge < -0.3 is 25.0 Å². The lowest BCUT2D eigenvalue weighted by Crippen LogP contribution is -2.35. The molecule has 0 bridgehead atoms. The van der Waals surface area contributed by atoms with E-state index in [2.05, 4.69) is 5.32 Å². The van der Waals surface area contributed by atoms with Crippen LogP contribution in [0.15, 0.2) is 72.8 Å². The molecule has 3 rings (SSSR count). The fourth-order valence-corrected chi connectivity index (χ4v) is 3.48. The standard InChI is InChI=1S/C27H31NO5/c1-18(2)33-25-17-22(11-14-24(25)27(30)31)20-9-12-23(13-10-20)32-16-15-28-19(3)26(29)21-7-5-4-6-8-21/h4-14,17-19,26,28-29H,15-16H2,1-3H3,(H,30,31)/t19-,26+/m0/s1. The van der Waals surface area contributed by atoms with Gasteiger partial charge >= 0.3 is 5.97 Å². The first kappa shape index (κ1) is 24.3. The molecule has 0 aliphatic rings.